The monoisotopic (exact) mass is 234 g/mol. The molecule has 0 bridgehead atoms. The van der Waals surface area contributed by atoms with Crippen LogP contribution in [0, 0.1) is 0 Å². The van der Waals surface area contributed by atoms with Crippen molar-refractivity contribution in [1.29, 1.82) is 0 Å². The Balaban J connectivity index is 2.51. The molecule has 0 aromatic rings. The maximum atomic E-state index is 11.4. The van der Waals surface area contributed by atoms with Crippen LogP contribution in [0.4, 0.5) is 9.59 Å². The summed E-state index contributed by atoms with van der Waals surface area (Å²) in [7, 11) is 1.30. The van der Waals surface area contributed by atoms with Crippen molar-refractivity contribution in [2.24, 2.45) is 0 Å². The summed E-state index contributed by atoms with van der Waals surface area (Å²) >= 11 is 0. The van der Waals surface area contributed by atoms with Crippen LogP contribution in [-0.4, -0.2) is 54.0 Å². The van der Waals surface area contributed by atoms with Gasteiger partial charge in [0.05, 0.1) is 20.3 Å². The fourth-order valence-corrected chi connectivity index (χ4v) is 1.22. The average Bonchev–Trinajstić information content (AvgIpc) is 2.25. The van der Waals surface area contributed by atoms with E-state index in [0.29, 0.717) is 5.06 Å². The van der Waals surface area contributed by atoms with Gasteiger partial charge in [-0.1, -0.05) is 0 Å². The topological polar surface area (TPSA) is 88.5 Å². The molecule has 8 heteroatoms. The van der Waals surface area contributed by atoms with Gasteiger partial charge in [0, 0.05) is 6.42 Å². The Labute approximate surface area is 92.2 Å². The maximum Gasteiger partial charge on any atom is 0.510 e. The number of rotatable bonds is 3. The van der Waals surface area contributed by atoms with E-state index in [9.17, 15) is 14.8 Å². The Morgan fingerprint density at radius 2 is 2.31 bits per heavy atom. The number of carbonyl (C=O) groups is 2. The van der Waals surface area contributed by atoms with Gasteiger partial charge in [0.2, 0.25) is 6.23 Å². The van der Waals surface area contributed by atoms with Crippen LogP contribution in [-0.2, 0) is 14.3 Å². The van der Waals surface area contributed by atoms with Crippen LogP contribution >= 0.6 is 0 Å². The first-order chi connectivity index (χ1) is 7.60. The molecule has 2 amide bonds. The van der Waals surface area contributed by atoms with Gasteiger partial charge in [0.1, 0.15) is 0 Å². The second-order valence-corrected chi connectivity index (χ2v) is 2.96. The van der Waals surface area contributed by atoms with E-state index in [2.05, 4.69) is 9.57 Å². The average molecular weight is 234 g/mol. The molecule has 0 aromatic carbocycles. The lowest BCUT2D eigenvalue weighted by Crippen LogP contribution is -2.53. The highest BCUT2D eigenvalue weighted by Crippen LogP contribution is 2.15. The van der Waals surface area contributed by atoms with Gasteiger partial charge in [0.25, 0.3) is 0 Å². The smallest absolute Gasteiger partial charge is 0.435 e. The van der Waals surface area contributed by atoms with Gasteiger partial charge in [-0.3, -0.25) is 10.0 Å². The van der Waals surface area contributed by atoms with Crippen LogP contribution in [0.1, 0.15) is 13.3 Å². The number of hydroxylamine groups is 4. The standard InChI is InChI=1S/C8H14N2O6/c1-3-15-8(12)16-6-4-5-9(14-2)7(11)10(6)13/h6,13H,3-5H2,1-2H3. The number of hydrogen-bond donors (Lipinski definition) is 1. The first-order valence-corrected chi connectivity index (χ1v) is 4.77. The predicted molar refractivity (Wildman–Crippen MR) is 49.2 cm³/mol. The van der Waals surface area contributed by atoms with Crippen molar-refractivity contribution >= 4 is 12.2 Å². The second-order valence-electron chi connectivity index (χ2n) is 2.96. The van der Waals surface area contributed by atoms with E-state index < -0.39 is 18.4 Å². The summed E-state index contributed by atoms with van der Waals surface area (Å²) in [6.45, 7) is 2.00. The molecule has 1 fully saturated rings. The van der Waals surface area contributed by atoms with Crippen molar-refractivity contribution in [1.82, 2.24) is 10.1 Å². The maximum absolute atomic E-state index is 11.4. The van der Waals surface area contributed by atoms with Gasteiger partial charge in [-0.15, -0.1) is 0 Å². The zero-order valence-electron chi connectivity index (χ0n) is 9.08. The third-order valence-electron chi connectivity index (χ3n) is 1.98. The Kier molecular flexibility index (Phi) is 4.32. The molecule has 1 atom stereocenters. The lowest BCUT2D eigenvalue weighted by Gasteiger charge is -2.34. The van der Waals surface area contributed by atoms with Crippen LogP contribution in [0.2, 0.25) is 0 Å². The molecular formula is C8H14N2O6. The van der Waals surface area contributed by atoms with Crippen LogP contribution in [0.25, 0.3) is 0 Å². The molecule has 92 valence electrons. The van der Waals surface area contributed by atoms with Crippen LogP contribution < -0.4 is 0 Å². The van der Waals surface area contributed by atoms with E-state index in [1.165, 1.54) is 7.11 Å². The van der Waals surface area contributed by atoms with Gasteiger partial charge in [-0.2, -0.15) is 5.06 Å². The summed E-state index contributed by atoms with van der Waals surface area (Å²) < 4.78 is 9.25. The van der Waals surface area contributed by atoms with E-state index >= 15 is 0 Å². The van der Waals surface area contributed by atoms with E-state index in [0.717, 1.165) is 5.06 Å². The van der Waals surface area contributed by atoms with Crippen molar-refractivity contribution in [3.05, 3.63) is 0 Å². The Morgan fingerprint density at radius 1 is 1.62 bits per heavy atom. The minimum atomic E-state index is -1.04. The molecule has 1 unspecified atom stereocenters. The highest BCUT2D eigenvalue weighted by atomic mass is 16.8. The van der Waals surface area contributed by atoms with Crippen molar-refractivity contribution in [2.45, 2.75) is 19.6 Å². The van der Waals surface area contributed by atoms with Crippen LogP contribution in [0.5, 0.6) is 0 Å². The second kappa shape index (κ2) is 5.52. The summed E-state index contributed by atoms with van der Waals surface area (Å²) in [5.74, 6) is 0. The summed E-state index contributed by atoms with van der Waals surface area (Å²) in [6.07, 6.45) is -1.74. The predicted octanol–water partition coefficient (Wildman–Crippen LogP) is 0.564. The van der Waals surface area contributed by atoms with Crippen molar-refractivity contribution < 1.29 is 29.1 Å². The molecular weight excluding hydrogens is 220 g/mol. The molecule has 1 N–H and O–H groups in total. The van der Waals surface area contributed by atoms with E-state index in [1.807, 2.05) is 0 Å². The first-order valence-electron chi connectivity index (χ1n) is 4.77. The van der Waals surface area contributed by atoms with Crippen LogP contribution in [0.15, 0.2) is 0 Å². The first kappa shape index (κ1) is 12.5. The number of ether oxygens (including phenoxy) is 2. The molecule has 0 aromatic heterocycles. The molecule has 0 spiro atoms. The van der Waals surface area contributed by atoms with E-state index in [-0.39, 0.29) is 19.6 Å². The minimum Gasteiger partial charge on any atom is -0.435 e. The molecule has 0 aliphatic carbocycles. The Bertz CT molecular complexity index is 271. The molecule has 1 aliphatic heterocycles. The molecule has 0 radical (unpaired) electrons. The lowest BCUT2D eigenvalue weighted by atomic mass is 10.3. The summed E-state index contributed by atoms with van der Waals surface area (Å²) in [4.78, 5) is 27.0. The minimum absolute atomic E-state index is 0.162. The highest BCUT2D eigenvalue weighted by Gasteiger charge is 2.35. The van der Waals surface area contributed by atoms with Crippen molar-refractivity contribution in [3.63, 3.8) is 0 Å². The van der Waals surface area contributed by atoms with Gasteiger partial charge in [-0.25, -0.2) is 14.7 Å². The van der Waals surface area contributed by atoms with Gasteiger partial charge in [0.15, 0.2) is 0 Å². The number of hydrogen-bond acceptors (Lipinski definition) is 6. The third-order valence-corrected chi connectivity index (χ3v) is 1.98. The number of amides is 2. The molecule has 0 saturated carbocycles. The third kappa shape index (κ3) is 2.74. The number of carbonyl (C=O) groups excluding carboxylic acids is 2. The lowest BCUT2D eigenvalue weighted by molar-refractivity contribution is -0.225. The van der Waals surface area contributed by atoms with E-state index in [1.54, 1.807) is 6.92 Å². The SMILES string of the molecule is CCOC(=O)OC1CCN(OC)C(=O)N1O. The Morgan fingerprint density at radius 3 is 2.88 bits per heavy atom. The summed E-state index contributed by atoms with van der Waals surface area (Å²) in [6, 6.07) is -0.789. The van der Waals surface area contributed by atoms with E-state index in [4.69, 9.17) is 4.74 Å². The summed E-state index contributed by atoms with van der Waals surface area (Å²) in [5.41, 5.74) is 0. The number of nitrogens with zero attached hydrogens (tertiary/aromatic N) is 2. The van der Waals surface area contributed by atoms with Crippen LogP contribution in [0.3, 0.4) is 0 Å². The molecule has 1 heterocycles. The molecule has 8 nitrogen and oxygen atoms in total. The molecule has 16 heavy (non-hydrogen) atoms. The molecule has 1 rings (SSSR count). The summed E-state index contributed by atoms with van der Waals surface area (Å²) in [5, 5.41) is 10.6. The Hall–Kier alpha value is -1.54. The number of urea groups is 1. The highest BCUT2D eigenvalue weighted by molar-refractivity contribution is 5.73. The molecule has 1 aliphatic rings. The zero-order chi connectivity index (χ0) is 12.1. The van der Waals surface area contributed by atoms with Gasteiger partial charge >= 0.3 is 12.2 Å². The quantitative estimate of drug-likeness (QED) is 0.567. The van der Waals surface area contributed by atoms with Crippen molar-refractivity contribution in [2.75, 3.05) is 20.3 Å². The zero-order valence-corrected chi connectivity index (χ0v) is 9.08. The fourth-order valence-electron chi connectivity index (χ4n) is 1.22. The van der Waals surface area contributed by atoms with Gasteiger partial charge < -0.3 is 9.47 Å². The largest absolute Gasteiger partial charge is 0.510 e. The molecule has 1 saturated heterocycles. The fraction of sp³-hybridized carbons (Fsp3) is 0.750. The normalized spacial score (nSPS) is 20.9. The van der Waals surface area contributed by atoms with Crippen molar-refractivity contribution in [3.8, 4) is 0 Å². The van der Waals surface area contributed by atoms with Gasteiger partial charge in [-0.05, 0) is 6.92 Å².